The van der Waals surface area contributed by atoms with E-state index >= 15 is 0 Å². The van der Waals surface area contributed by atoms with Gasteiger partial charge in [-0.25, -0.2) is 0 Å². The van der Waals surface area contributed by atoms with Gasteiger partial charge in [0.05, 0.1) is 35.5 Å². The molecule has 4 aliphatic rings. The predicted octanol–water partition coefficient (Wildman–Crippen LogP) is 8.80. The number of phenols is 3. The predicted molar refractivity (Wildman–Crippen MR) is 264 cm³/mol. The minimum atomic E-state index is -2.02. The number of esters is 1. The number of rotatable bonds is 14. The Hall–Kier alpha value is -4.83. The summed E-state index contributed by atoms with van der Waals surface area (Å²) < 4.78 is 23.9. The van der Waals surface area contributed by atoms with Gasteiger partial charge in [0.25, 0.3) is 11.7 Å². The number of aliphatic hydroxyl groups excluding tert-OH is 2. The number of Topliss-reactive ketones (excluding diaryl/α,β-unsaturated/α-hetero) is 1. The number of ketones is 1. The van der Waals surface area contributed by atoms with Crippen LogP contribution in [0.3, 0.4) is 0 Å². The Bertz CT molecular complexity index is 2180. The Morgan fingerprint density at radius 3 is 2.04 bits per heavy atom. The van der Waals surface area contributed by atoms with Crippen LogP contribution in [0.2, 0.25) is 0 Å². The zero-order valence-corrected chi connectivity index (χ0v) is 42.1. The number of fused-ring (bicyclic) bond motifs is 14. The third kappa shape index (κ3) is 12.1. The molecule has 0 aromatic heterocycles. The van der Waals surface area contributed by atoms with Crippen molar-refractivity contribution in [3.8, 4) is 23.0 Å². The van der Waals surface area contributed by atoms with Crippen LogP contribution in [-0.4, -0.2) is 118 Å². The normalized spacial score (nSPS) is 29.3. The lowest BCUT2D eigenvalue weighted by Crippen LogP contribution is -2.47. The monoisotopic (exact) mass is 950 g/mol. The highest BCUT2D eigenvalue weighted by Crippen LogP contribution is 2.57. The minimum Gasteiger partial charge on any atom is -0.507 e. The number of hydrogen-bond acceptors (Lipinski definition) is 14. The van der Waals surface area contributed by atoms with Gasteiger partial charge in [-0.3, -0.25) is 19.3 Å². The number of allylic oxidation sites excluding steroid dienone is 2. The molecule has 15 heteroatoms. The van der Waals surface area contributed by atoms with Crippen LogP contribution in [0, 0.1) is 30.6 Å². The maximum Gasteiger partial charge on any atom is 0.312 e. The fraction of sp³-hybridized carbons (Fsp3) is 0.642. The number of aromatic hydroxyl groups is 3. The smallest absolute Gasteiger partial charge is 0.312 e. The Labute approximate surface area is 403 Å². The van der Waals surface area contributed by atoms with Crippen LogP contribution in [-0.2, 0) is 23.8 Å². The molecule has 0 spiro atoms. The fourth-order valence-electron chi connectivity index (χ4n) is 10.0. The van der Waals surface area contributed by atoms with Crippen molar-refractivity contribution in [2.45, 2.75) is 157 Å². The Balaban J connectivity index is 1.54. The number of nitrogens with zero attached hydrogens (tertiary/aromatic N) is 2. The van der Waals surface area contributed by atoms with Crippen molar-refractivity contribution in [3.05, 3.63) is 47.3 Å². The second kappa shape index (κ2) is 24.1. The summed E-state index contributed by atoms with van der Waals surface area (Å²) in [6.45, 7) is 18.1. The van der Waals surface area contributed by atoms with E-state index in [-0.39, 0.29) is 44.6 Å². The number of methoxy groups -OCH3 is 1. The van der Waals surface area contributed by atoms with Gasteiger partial charge < -0.3 is 54.7 Å². The summed E-state index contributed by atoms with van der Waals surface area (Å²) >= 11 is 0. The Morgan fingerprint density at radius 2 is 1.44 bits per heavy atom. The van der Waals surface area contributed by atoms with Gasteiger partial charge in [-0.05, 0) is 32.9 Å². The first-order chi connectivity index (χ1) is 32.3. The number of ether oxygens (including phenoxy) is 4. The Kier molecular flexibility index (Phi) is 19.2. The van der Waals surface area contributed by atoms with Gasteiger partial charge in [-0.1, -0.05) is 111 Å². The molecular formula is C53H79N3O12. The molecule has 2 aromatic carbocycles. The standard InChI is InChI=1S/C53H79N3O12/c1-11-12-13-14-15-16-17-18-19-20-25-55-26-28-56(29-27-55)43-42-47(61)40-39(48(43)62)41-50(36(7)46(40)60)68-53(9,51(41)63)66-30-24-38(65-10)33(4)49(67-37(8)57)35(6)45(59)34(5)44(58)31(2)22-21-23-32(3)52(64)54-42/h21-24,30-31,33-35,38,44-45,49,58-62H,11-20,25-29H2,1-10H3,(H,54,64)/b22-21+,30-24+,32-23-. The maximum atomic E-state index is 14.7. The summed E-state index contributed by atoms with van der Waals surface area (Å²) in [6.07, 6.45) is 16.2. The minimum absolute atomic E-state index is 0.0503. The number of nitrogens with one attached hydrogen (secondary N) is 1. The molecule has 9 atom stereocenters. The number of anilines is 2. The van der Waals surface area contributed by atoms with Crippen molar-refractivity contribution >= 4 is 39.8 Å². The molecule has 1 saturated heterocycles. The Morgan fingerprint density at radius 1 is 0.824 bits per heavy atom. The van der Waals surface area contributed by atoms with Crippen molar-refractivity contribution in [1.29, 1.82) is 0 Å². The fourth-order valence-corrected chi connectivity index (χ4v) is 10.0. The lowest BCUT2D eigenvalue weighted by Gasteiger charge is -2.38. The molecule has 9 unspecified atom stereocenters. The lowest BCUT2D eigenvalue weighted by atomic mass is 9.78. The molecule has 0 saturated carbocycles. The van der Waals surface area contributed by atoms with Crippen molar-refractivity contribution in [3.63, 3.8) is 0 Å². The summed E-state index contributed by atoms with van der Waals surface area (Å²) in [5.41, 5.74) is 0.147. The summed E-state index contributed by atoms with van der Waals surface area (Å²) in [7, 11) is 1.46. The second-order valence-corrected chi connectivity index (χ2v) is 19.6. The number of piperazine rings is 1. The number of unbranched alkanes of at least 4 members (excludes halogenated alkanes) is 9. The van der Waals surface area contributed by atoms with Crippen LogP contribution in [0.15, 0.2) is 36.1 Å². The van der Waals surface area contributed by atoms with Crippen molar-refractivity contribution in [2.75, 3.05) is 50.1 Å². The number of hydrogen-bond donors (Lipinski definition) is 6. The largest absolute Gasteiger partial charge is 0.507 e. The van der Waals surface area contributed by atoms with Crippen molar-refractivity contribution < 1.29 is 58.9 Å². The van der Waals surface area contributed by atoms with Crippen LogP contribution in [0.5, 0.6) is 23.0 Å². The van der Waals surface area contributed by atoms with Gasteiger partial charge >= 0.3 is 11.8 Å². The van der Waals surface area contributed by atoms with Gasteiger partial charge in [0.15, 0.2) is 5.75 Å². The number of phenolic OH excluding ortho intramolecular Hbond substituents is 3. The van der Waals surface area contributed by atoms with Crippen LogP contribution in [0.1, 0.15) is 136 Å². The van der Waals surface area contributed by atoms with E-state index in [4.69, 9.17) is 18.9 Å². The summed E-state index contributed by atoms with van der Waals surface area (Å²) in [4.78, 5) is 45.4. The molecule has 6 N–H and O–H groups in total. The number of carbonyl (C=O) groups excluding carboxylic acids is 3. The summed E-state index contributed by atoms with van der Waals surface area (Å²) in [5.74, 6) is -7.86. The van der Waals surface area contributed by atoms with E-state index in [1.54, 1.807) is 52.8 Å². The van der Waals surface area contributed by atoms with E-state index in [9.17, 15) is 39.9 Å². The third-order valence-corrected chi connectivity index (χ3v) is 14.5. The second-order valence-electron chi connectivity index (χ2n) is 19.6. The molecule has 1 amide bonds. The highest BCUT2D eigenvalue weighted by molar-refractivity contribution is 6.23. The number of amides is 1. The number of carbonyl (C=O) groups is 3. The molecule has 1 fully saturated rings. The average molecular weight is 950 g/mol. The molecule has 378 valence electrons. The summed E-state index contributed by atoms with van der Waals surface area (Å²) in [5, 5.41) is 61.9. The third-order valence-electron chi connectivity index (χ3n) is 14.5. The molecule has 68 heavy (non-hydrogen) atoms. The van der Waals surface area contributed by atoms with E-state index in [2.05, 4.69) is 17.1 Å². The quantitative estimate of drug-likeness (QED) is 0.0453. The molecule has 5 bridgehead atoms. The van der Waals surface area contributed by atoms with E-state index in [1.807, 2.05) is 4.90 Å². The van der Waals surface area contributed by atoms with Crippen LogP contribution in [0.4, 0.5) is 11.4 Å². The maximum absolute atomic E-state index is 14.7. The van der Waals surface area contributed by atoms with Gasteiger partial charge in [0, 0.05) is 87.3 Å². The zero-order valence-electron chi connectivity index (χ0n) is 42.1. The first-order valence-corrected chi connectivity index (χ1v) is 24.8. The average Bonchev–Trinajstić information content (AvgIpc) is 3.58. The molecule has 2 aromatic rings. The SMILES string of the molecule is CCCCCCCCCCCCN1CCN(c2c3c(O)c4c(O)c(C)c5c(c4c2O)C(=O)C(C)(O/C=C/C(OC)C(C)C(OC(C)=O)C(C)C(O)C(C)C(O)C(C)/C=C/C=C(/C)C(=O)N3)O5)CC1. The van der Waals surface area contributed by atoms with Crippen molar-refractivity contribution in [1.82, 2.24) is 4.90 Å². The van der Waals surface area contributed by atoms with E-state index < -0.39 is 88.8 Å². The zero-order chi connectivity index (χ0) is 50.0. The highest BCUT2D eigenvalue weighted by Gasteiger charge is 2.50. The van der Waals surface area contributed by atoms with E-state index in [0.717, 1.165) is 19.4 Å². The van der Waals surface area contributed by atoms with Crippen LogP contribution < -0.4 is 15.0 Å². The van der Waals surface area contributed by atoms with Gasteiger partial charge in [-0.2, -0.15) is 0 Å². The molecular weight excluding hydrogens is 871 g/mol. The highest BCUT2D eigenvalue weighted by atomic mass is 16.7. The number of aliphatic hydroxyl groups is 2. The van der Waals surface area contributed by atoms with E-state index in [0.29, 0.717) is 26.2 Å². The molecule has 0 radical (unpaired) electrons. The first-order valence-electron chi connectivity index (χ1n) is 24.8. The van der Waals surface area contributed by atoms with Gasteiger partial charge in [0.1, 0.15) is 34.7 Å². The van der Waals surface area contributed by atoms with Crippen LogP contribution in [0.25, 0.3) is 10.8 Å². The first kappa shape index (κ1) is 54.1. The van der Waals surface area contributed by atoms with Gasteiger partial charge in [0.2, 0.25) is 0 Å². The summed E-state index contributed by atoms with van der Waals surface area (Å²) in [6, 6.07) is 0. The topological polar surface area (TPSA) is 208 Å². The number of benzene rings is 2. The van der Waals surface area contributed by atoms with Crippen molar-refractivity contribution in [2.24, 2.45) is 23.7 Å². The van der Waals surface area contributed by atoms with Gasteiger partial charge in [-0.15, -0.1) is 0 Å². The molecule has 4 aliphatic heterocycles. The molecule has 0 aliphatic carbocycles. The molecule has 15 nitrogen and oxygen atoms in total. The van der Waals surface area contributed by atoms with Crippen LogP contribution >= 0.6 is 0 Å². The lowest BCUT2D eigenvalue weighted by molar-refractivity contribution is -0.160. The molecule has 6 rings (SSSR count). The molecule has 4 heterocycles. The van der Waals surface area contributed by atoms with E-state index in [1.165, 1.54) is 91.6 Å².